The van der Waals surface area contributed by atoms with Gasteiger partial charge in [-0.2, -0.15) is 5.26 Å². The fraction of sp³-hybridized carbons (Fsp3) is 0.278. The standard InChI is InChI=1S/C18H19NO/c1-4-18(2,3)20-17-10-6-9-16(12-17)15-8-5-7-14(11-15)13-19/h5-12H,4H2,1-3H3. The Morgan fingerprint density at radius 1 is 1.05 bits per heavy atom. The molecule has 0 amide bonds. The zero-order valence-corrected chi connectivity index (χ0v) is 12.2. The van der Waals surface area contributed by atoms with Crippen molar-refractivity contribution in [3.63, 3.8) is 0 Å². The first-order valence-electron chi connectivity index (χ1n) is 6.84. The predicted octanol–water partition coefficient (Wildman–Crippen LogP) is 4.79. The fourth-order valence-corrected chi connectivity index (χ4v) is 1.90. The van der Waals surface area contributed by atoms with Crippen LogP contribution in [0.1, 0.15) is 32.8 Å². The Balaban J connectivity index is 2.32. The average Bonchev–Trinajstić information content (AvgIpc) is 2.47. The number of benzene rings is 2. The molecule has 0 aliphatic rings. The van der Waals surface area contributed by atoms with Gasteiger partial charge in [0, 0.05) is 0 Å². The summed E-state index contributed by atoms with van der Waals surface area (Å²) >= 11 is 0. The van der Waals surface area contributed by atoms with Crippen molar-refractivity contribution in [2.24, 2.45) is 0 Å². The third kappa shape index (κ3) is 3.39. The minimum absolute atomic E-state index is 0.173. The van der Waals surface area contributed by atoms with E-state index in [0.717, 1.165) is 23.3 Å². The first kappa shape index (κ1) is 14.1. The molecule has 2 heteroatoms. The topological polar surface area (TPSA) is 33.0 Å². The molecule has 2 aromatic rings. The lowest BCUT2D eigenvalue weighted by Crippen LogP contribution is -2.26. The highest BCUT2D eigenvalue weighted by Gasteiger charge is 2.16. The molecular formula is C18H19NO. The van der Waals surface area contributed by atoms with Gasteiger partial charge in [0.05, 0.1) is 11.6 Å². The van der Waals surface area contributed by atoms with Gasteiger partial charge in [-0.15, -0.1) is 0 Å². The summed E-state index contributed by atoms with van der Waals surface area (Å²) in [6.07, 6.45) is 0.946. The second-order valence-electron chi connectivity index (χ2n) is 5.44. The van der Waals surface area contributed by atoms with Crippen LogP contribution in [0.4, 0.5) is 0 Å². The summed E-state index contributed by atoms with van der Waals surface area (Å²) in [5.74, 6) is 0.858. The van der Waals surface area contributed by atoms with Gasteiger partial charge in [0.25, 0.3) is 0 Å². The van der Waals surface area contributed by atoms with E-state index in [4.69, 9.17) is 10.00 Å². The minimum Gasteiger partial charge on any atom is -0.488 e. The van der Waals surface area contributed by atoms with Crippen molar-refractivity contribution in [1.82, 2.24) is 0 Å². The first-order chi connectivity index (χ1) is 9.54. The maximum atomic E-state index is 8.97. The van der Waals surface area contributed by atoms with Crippen LogP contribution in [0.15, 0.2) is 48.5 Å². The summed E-state index contributed by atoms with van der Waals surface area (Å²) in [6.45, 7) is 6.27. The van der Waals surface area contributed by atoms with Gasteiger partial charge in [-0.1, -0.05) is 31.2 Å². The van der Waals surface area contributed by atoms with Crippen molar-refractivity contribution in [3.05, 3.63) is 54.1 Å². The zero-order chi connectivity index (χ0) is 14.6. The molecule has 0 atom stereocenters. The van der Waals surface area contributed by atoms with Crippen LogP contribution in [0.5, 0.6) is 5.75 Å². The lowest BCUT2D eigenvalue weighted by Gasteiger charge is -2.25. The van der Waals surface area contributed by atoms with Crippen LogP contribution in [0.2, 0.25) is 0 Å². The second kappa shape index (κ2) is 5.79. The molecule has 20 heavy (non-hydrogen) atoms. The molecule has 0 aromatic heterocycles. The van der Waals surface area contributed by atoms with Crippen LogP contribution in [0.3, 0.4) is 0 Å². The van der Waals surface area contributed by atoms with E-state index in [1.165, 1.54) is 0 Å². The van der Waals surface area contributed by atoms with Crippen LogP contribution in [0, 0.1) is 11.3 Å². The molecule has 102 valence electrons. The number of rotatable bonds is 4. The molecule has 0 saturated heterocycles. The van der Waals surface area contributed by atoms with E-state index in [1.807, 2.05) is 48.5 Å². The maximum Gasteiger partial charge on any atom is 0.120 e. The van der Waals surface area contributed by atoms with Gasteiger partial charge >= 0.3 is 0 Å². The Bertz CT molecular complexity index is 638. The molecule has 2 nitrogen and oxygen atoms in total. The molecule has 0 bridgehead atoms. The van der Waals surface area contributed by atoms with Crippen molar-refractivity contribution in [3.8, 4) is 22.9 Å². The molecule has 0 aliphatic carbocycles. The largest absolute Gasteiger partial charge is 0.488 e. The van der Waals surface area contributed by atoms with Crippen molar-refractivity contribution < 1.29 is 4.74 Å². The Morgan fingerprint density at radius 3 is 2.35 bits per heavy atom. The predicted molar refractivity (Wildman–Crippen MR) is 81.6 cm³/mol. The molecule has 2 rings (SSSR count). The molecule has 0 aliphatic heterocycles. The van der Waals surface area contributed by atoms with Crippen molar-refractivity contribution in [2.45, 2.75) is 32.8 Å². The van der Waals surface area contributed by atoms with Crippen LogP contribution in [0.25, 0.3) is 11.1 Å². The maximum absolute atomic E-state index is 8.97. The lowest BCUT2D eigenvalue weighted by molar-refractivity contribution is 0.105. The van der Waals surface area contributed by atoms with Gasteiger partial charge in [0.15, 0.2) is 0 Å². The normalized spacial score (nSPS) is 10.9. The van der Waals surface area contributed by atoms with E-state index in [1.54, 1.807) is 0 Å². The molecule has 0 saturated carbocycles. The number of nitrogens with zero attached hydrogens (tertiary/aromatic N) is 1. The van der Waals surface area contributed by atoms with Gasteiger partial charge in [-0.3, -0.25) is 0 Å². The van der Waals surface area contributed by atoms with E-state index in [2.05, 4.69) is 26.8 Å². The summed E-state index contributed by atoms with van der Waals surface area (Å²) in [6, 6.07) is 17.8. The number of hydrogen-bond donors (Lipinski definition) is 0. The van der Waals surface area contributed by atoms with Gasteiger partial charge < -0.3 is 4.74 Å². The second-order valence-corrected chi connectivity index (χ2v) is 5.44. The number of hydrogen-bond acceptors (Lipinski definition) is 2. The quantitative estimate of drug-likeness (QED) is 0.796. The first-order valence-corrected chi connectivity index (χ1v) is 6.84. The lowest BCUT2D eigenvalue weighted by atomic mass is 10.0. The van der Waals surface area contributed by atoms with Crippen LogP contribution < -0.4 is 4.74 Å². The third-order valence-corrected chi connectivity index (χ3v) is 3.40. The van der Waals surface area contributed by atoms with E-state index >= 15 is 0 Å². The summed E-state index contributed by atoms with van der Waals surface area (Å²) in [5, 5.41) is 8.97. The van der Waals surface area contributed by atoms with Crippen molar-refractivity contribution in [2.75, 3.05) is 0 Å². The molecule has 0 N–H and O–H groups in total. The van der Waals surface area contributed by atoms with E-state index in [9.17, 15) is 0 Å². The zero-order valence-electron chi connectivity index (χ0n) is 12.2. The number of ether oxygens (including phenoxy) is 1. The van der Waals surface area contributed by atoms with E-state index < -0.39 is 0 Å². The Labute approximate surface area is 120 Å². The van der Waals surface area contributed by atoms with Gasteiger partial charge in [-0.25, -0.2) is 0 Å². The third-order valence-electron chi connectivity index (χ3n) is 3.40. The molecule has 0 unspecified atom stereocenters. The summed E-state index contributed by atoms with van der Waals surface area (Å²) in [5.41, 5.74) is 2.59. The Morgan fingerprint density at radius 2 is 1.70 bits per heavy atom. The molecule has 0 fully saturated rings. The van der Waals surface area contributed by atoms with E-state index in [0.29, 0.717) is 5.56 Å². The summed E-state index contributed by atoms with van der Waals surface area (Å²) in [4.78, 5) is 0. The monoisotopic (exact) mass is 265 g/mol. The highest BCUT2D eigenvalue weighted by atomic mass is 16.5. The molecule has 0 radical (unpaired) electrons. The fourth-order valence-electron chi connectivity index (χ4n) is 1.90. The average molecular weight is 265 g/mol. The minimum atomic E-state index is -0.173. The Kier molecular flexibility index (Phi) is 4.10. The molecule has 2 aromatic carbocycles. The van der Waals surface area contributed by atoms with Crippen LogP contribution >= 0.6 is 0 Å². The van der Waals surface area contributed by atoms with Gasteiger partial charge in [0.2, 0.25) is 0 Å². The van der Waals surface area contributed by atoms with Crippen LogP contribution in [-0.2, 0) is 0 Å². The van der Waals surface area contributed by atoms with E-state index in [-0.39, 0.29) is 5.60 Å². The van der Waals surface area contributed by atoms with Crippen molar-refractivity contribution >= 4 is 0 Å². The Hall–Kier alpha value is -2.27. The number of nitriles is 1. The van der Waals surface area contributed by atoms with Gasteiger partial charge in [0.1, 0.15) is 11.4 Å². The summed E-state index contributed by atoms with van der Waals surface area (Å²) < 4.78 is 6.00. The smallest absolute Gasteiger partial charge is 0.120 e. The highest BCUT2D eigenvalue weighted by Crippen LogP contribution is 2.27. The molecule has 0 heterocycles. The van der Waals surface area contributed by atoms with Crippen molar-refractivity contribution in [1.29, 1.82) is 5.26 Å². The molecular weight excluding hydrogens is 246 g/mol. The highest BCUT2D eigenvalue weighted by molar-refractivity contribution is 5.66. The van der Waals surface area contributed by atoms with Crippen LogP contribution in [-0.4, -0.2) is 5.60 Å². The van der Waals surface area contributed by atoms with Gasteiger partial charge in [-0.05, 0) is 55.7 Å². The SMILES string of the molecule is CCC(C)(C)Oc1cccc(-c2cccc(C#N)c2)c1. The molecule has 0 spiro atoms. The summed E-state index contributed by atoms with van der Waals surface area (Å²) in [7, 11) is 0.